The highest BCUT2D eigenvalue weighted by molar-refractivity contribution is 5.64. The summed E-state index contributed by atoms with van der Waals surface area (Å²) in [7, 11) is 0. The summed E-state index contributed by atoms with van der Waals surface area (Å²) in [5, 5.41) is 11.0. The topological polar surface area (TPSA) is 81.6 Å². The third-order valence-electron chi connectivity index (χ3n) is 3.24. The quantitative estimate of drug-likeness (QED) is 0.671. The van der Waals surface area contributed by atoms with Crippen LogP contribution in [0.5, 0.6) is 0 Å². The third-order valence-corrected chi connectivity index (χ3v) is 3.24. The normalized spacial score (nSPS) is 20.8. The van der Waals surface area contributed by atoms with Crippen molar-refractivity contribution in [3.05, 3.63) is 33.9 Å². The van der Waals surface area contributed by atoms with Crippen LogP contribution in [-0.4, -0.2) is 36.8 Å². The Morgan fingerprint density at radius 2 is 2.25 bits per heavy atom. The number of nitro benzene ring substituents is 1. The molecule has 1 heterocycles. The van der Waals surface area contributed by atoms with Gasteiger partial charge in [-0.3, -0.25) is 10.1 Å². The Hall–Kier alpha value is -1.80. The van der Waals surface area contributed by atoms with Crippen LogP contribution in [0.4, 0.5) is 20.2 Å². The fraction of sp³-hybridized carbons (Fsp3) is 0.500. The zero-order chi connectivity index (χ0) is 14.9. The Balaban J connectivity index is 2.40. The predicted octanol–water partition coefficient (Wildman–Crippen LogP) is 1.43. The second-order valence-corrected chi connectivity index (χ2v) is 4.70. The van der Waals surface area contributed by atoms with Crippen LogP contribution in [0.25, 0.3) is 0 Å². The lowest BCUT2D eigenvalue weighted by Crippen LogP contribution is -2.50. The fourth-order valence-electron chi connectivity index (χ4n) is 2.17. The molecule has 1 aromatic carbocycles. The molecule has 2 atom stereocenters. The van der Waals surface area contributed by atoms with E-state index in [1.165, 1.54) is 4.90 Å². The van der Waals surface area contributed by atoms with Crippen LogP contribution in [0.2, 0.25) is 0 Å². The van der Waals surface area contributed by atoms with Crippen molar-refractivity contribution >= 4 is 11.4 Å². The second kappa shape index (κ2) is 5.68. The highest BCUT2D eigenvalue weighted by Gasteiger charge is 2.31. The van der Waals surface area contributed by atoms with Crippen LogP contribution in [0.1, 0.15) is 6.92 Å². The van der Waals surface area contributed by atoms with E-state index in [9.17, 15) is 18.9 Å². The molecule has 0 spiro atoms. The summed E-state index contributed by atoms with van der Waals surface area (Å²) in [6.45, 7) is 2.40. The SMILES string of the molecule is CC(N)C1CN(c2c([N+](=O)[O-])ccc(F)c2F)CCO1. The van der Waals surface area contributed by atoms with Crippen LogP contribution in [0.15, 0.2) is 12.1 Å². The van der Waals surface area contributed by atoms with Gasteiger partial charge in [-0.1, -0.05) is 0 Å². The monoisotopic (exact) mass is 287 g/mol. The number of halogens is 2. The second-order valence-electron chi connectivity index (χ2n) is 4.70. The molecule has 1 fully saturated rings. The lowest BCUT2D eigenvalue weighted by atomic mass is 10.1. The van der Waals surface area contributed by atoms with Crippen molar-refractivity contribution < 1.29 is 18.4 Å². The Morgan fingerprint density at radius 3 is 2.85 bits per heavy atom. The van der Waals surface area contributed by atoms with Crippen molar-refractivity contribution in [2.24, 2.45) is 5.73 Å². The van der Waals surface area contributed by atoms with Crippen molar-refractivity contribution in [2.75, 3.05) is 24.6 Å². The molecule has 2 unspecified atom stereocenters. The third kappa shape index (κ3) is 2.70. The lowest BCUT2D eigenvalue weighted by Gasteiger charge is -2.35. The number of morpholine rings is 1. The van der Waals surface area contributed by atoms with Gasteiger partial charge < -0.3 is 15.4 Å². The molecule has 1 aliphatic heterocycles. The highest BCUT2D eigenvalue weighted by Crippen LogP contribution is 2.33. The minimum absolute atomic E-state index is 0.179. The van der Waals surface area contributed by atoms with Crippen molar-refractivity contribution in [3.63, 3.8) is 0 Å². The van der Waals surface area contributed by atoms with Crippen LogP contribution >= 0.6 is 0 Å². The van der Waals surface area contributed by atoms with Crippen molar-refractivity contribution in [1.29, 1.82) is 0 Å². The van der Waals surface area contributed by atoms with Crippen LogP contribution in [0, 0.1) is 21.7 Å². The van der Waals surface area contributed by atoms with E-state index in [0.29, 0.717) is 0 Å². The van der Waals surface area contributed by atoms with E-state index in [1.54, 1.807) is 6.92 Å². The number of rotatable bonds is 3. The number of nitrogens with zero attached hydrogens (tertiary/aromatic N) is 2. The summed E-state index contributed by atoms with van der Waals surface area (Å²) < 4.78 is 32.7. The smallest absolute Gasteiger partial charge is 0.295 e. The molecule has 1 aromatic rings. The van der Waals surface area contributed by atoms with Gasteiger partial charge in [-0.2, -0.15) is 0 Å². The van der Waals surface area contributed by atoms with Gasteiger partial charge in [-0.15, -0.1) is 0 Å². The van der Waals surface area contributed by atoms with Gasteiger partial charge in [0.25, 0.3) is 5.69 Å². The molecule has 0 saturated carbocycles. The van der Waals surface area contributed by atoms with Crippen molar-refractivity contribution in [1.82, 2.24) is 0 Å². The van der Waals surface area contributed by atoms with Crippen molar-refractivity contribution in [3.8, 4) is 0 Å². The summed E-state index contributed by atoms with van der Waals surface area (Å²) in [6.07, 6.45) is -0.383. The zero-order valence-corrected chi connectivity index (χ0v) is 10.9. The van der Waals surface area contributed by atoms with E-state index < -0.39 is 22.2 Å². The number of nitro groups is 1. The lowest BCUT2D eigenvalue weighted by molar-refractivity contribution is -0.384. The summed E-state index contributed by atoms with van der Waals surface area (Å²) in [6, 6.07) is 1.40. The Morgan fingerprint density at radius 1 is 1.55 bits per heavy atom. The molecular formula is C12H15F2N3O3. The average molecular weight is 287 g/mol. The van der Waals surface area contributed by atoms with Crippen LogP contribution in [-0.2, 0) is 4.74 Å². The fourth-order valence-corrected chi connectivity index (χ4v) is 2.17. The van der Waals surface area contributed by atoms with Gasteiger partial charge in [-0.05, 0) is 13.0 Å². The first-order chi connectivity index (χ1) is 9.41. The number of anilines is 1. The molecule has 1 aliphatic rings. The first kappa shape index (κ1) is 14.6. The number of ether oxygens (including phenoxy) is 1. The Bertz CT molecular complexity index is 525. The standard InChI is InChI=1S/C12H15F2N3O3/c1-7(15)10-6-16(4-5-20-10)12-9(17(18)19)3-2-8(13)11(12)14/h2-3,7,10H,4-6,15H2,1H3. The molecule has 110 valence electrons. The first-order valence-corrected chi connectivity index (χ1v) is 6.16. The number of nitrogens with two attached hydrogens (primary N) is 1. The van der Waals surface area contributed by atoms with Gasteiger partial charge in [0.2, 0.25) is 0 Å². The van der Waals surface area contributed by atoms with Gasteiger partial charge in [0.05, 0.1) is 17.6 Å². The van der Waals surface area contributed by atoms with Gasteiger partial charge >= 0.3 is 0 Å². The first-order valence-electron chi connectivity index (χ1n) is 6.16. The van der Waals surface area contributed by atoms with E-state index in [1.807, 2.05) is 0 Å². The number of hydrogen-bond donors (Lipinski definition) is 1. The molecule has 2 N–H and O–H groups in total. The molecule has 0 amide bonds. The van der Waals surface area contributed by atoms with Gasteiger partial charge in [0.15, 0.2) is 17.3 Å². The molecule has 0 aliphatic carbocycles. The Labute approximate surface area is 114 Å². The molecule has 6 nitrogen and oxygen atoms in total. The molecule has 1 saturated heterocycles. The van der Waals surface area contributed by atoms with Crippen LogP contribution < -0.4 is 10.6 Å². The van der Waals surface area contributed by atoms with E-state index >= 15 is 0 Å². The summed E-state index contributed by atoms with van der Waals surface area (Å²) in [4.78, 5) is 11.7. The van der Waals surface area contributed by atoms with Gasteiger partial charge in [0.1, 0.15) is 0 Å². The Kier molecular flexibility index (Phi) is 4.15. The molecular weight excluding hydrogens is 272 g/mol. The maximum absolute atomic E-state index is 13.9. The number of benzene rings is 1. The van der Waals surface area contributed by atoms with E-state index in [-0.39, 0.29) is 37.5 Å². The predicted molar refractivity (Wildman–Crippen MR) is 68.6 cm³/mol. The summed E-state index contributed by atoms with van der Waals surface area (Å²) in [5.41, 5.74) is 4.91. The highest BCUT2D eigenvalue weighted by atomic mass is 19.2. The number of hydrogen-bond acceptors (Lipinski definition) is 5. The van der Waals surface area contributed by atoms with E-state index in [2.05, 4.69) is 0 Å². The molecule has 0 aromatic heterocycles. The van der Waals surface area contributed by atoms with Gasteiger partial charge in [-0.25, -0.2) is 8.78 Å². The maximum Gasteiger partial charge on any atom is 0.295 e. The minimum atomic E-state index is -1.22. The molecule has 0 bridgehead atoms. The van der Waals surface area contributed by atoms with Crippen molar-refractivity contribution in [2.45, 2.75) is 19.1 Å². The molecule has 8 heteroatoms. The van der Waals surface area contributed by atoms with Gasteiger partial charge in [0, 0.05) is 25.2 Å². The van der Waals surface area contributed by atoms with Crippen LogP contribution in [0.3, 0.4) is 0 Å². The van der Waals surface area contributed by atoms with E-state index in [4.69, 9.17) is 10.5 Å². The average Bonchev–Trinajstić information content (AvgIpc) is 2.41. The molecule has 2 rings (SSSR count). The molecule has 0 radical (unpaired) electrons. The summed E-state index contributed by atoms with van der Waals surface area (Å²) in [5.74, 6) is -2.33. The minimum Gasteiger partial charge on any atom is -0.373 e. The largest absolute Gasteiger partial charge is 0.373 e. The summed E-state index contributed by atoms with van der Waals surface area (Å²) >= 11 is 0. The zero-order valence-electron chi connectivity index (χ0n) is 10.9. The van der Waals surface area contributed by atoms with E-state index in [0.717, 1.165) is 12.1 Å². The molecule has 20 heavy (non-hydrogen) atoms. The maximum atomic E-state index is 13.9.